The molecule has 0 radical (unpaired) electrons. The Balaban J connectivity index is 1.83. The Kier molecular flexibility index (Phi) is 4.95. The molecule has 0 aromatic heterocycles. The van der Waals surface area contributed by atoms with Gasteiger partial charge in [0.15, 0.2) is 0 Å². The van der Waals surface area contributed by atoms with Crippen LogP contribution in [0, 0.1) is 6.92 Å². The predicted molar refractivity (Wildman–Crippen MR) is 101 cm³/mol. The number of aryl methyl sites for hydroxylation is 1. The van der Waals surface area contributed by atoms with Crippen molar-refractivity contribution in [2.75, 3.05) is 0 Å². The molecule has 0 spiro atoms. The summed E-state index contributed by atoms with van der Waals surface area (Å²) in [7, 11) is -3.67. The SMILES string of the molecule is Cc1ccc(S(=O)(=O)N/N=C/c2ccccc2-c2ccccc2)cc1. The van der Waals surface area contributed by atoms with Crippen LogP contribution >= 0.6 is 0 Å². The van der Waals surface area contributed by atoms with Gasteiger partial charge in [-0.2, -0.15) is 13.5 Å². The summed E-state index contributed by atoms with van der Waals surface area (Å²) < 4.78 is 24.5. The predicted octanol–water partition coefficient (Wildman–Crippen LogP) is 3.97. The quantitative estimate of drug-likeness (QED) is 0.559. The van der Waals surface area contributed by atoms with E-state index >= 15 is 0 Å². The van der Waals surface area contributed by atoms with Crippen molar-refractivity contribution in [3.8, 4) is 11.1 Å². The average molecular weight is 350 g/mol. The second-order valence-electron chi connectivity index (χ2n) is 5.62. The lowest BCUT2D eigenvalue weighted by Gasteiger charge is -2.06. The largest absolute Gasteiger partial charge is 0.276 e. The number of rotatable bonds is 5. The molecule has 4 nitrogen and oxygen atoms in total. The molecule has 0 amide bonds. The highest BCUT2D eigenvalue weighted by Crippen LogP contribution is 2.22. The van der Waals surface area contributed by atoms with Crippen molar-refractivity contribution in [2.24, 2.45) is 5.10 Å². The summed E-state index contributed by atoms with van der Waals surface area (Å²) in [5, 5.41) is 3.94. The standard InChI is InChI=1S/C20H18N2O2S/c1-16-11-13-19(14-12-16)25(23,24)22-21-15-18-9-5-6-10-20(18)17-7-3-2-4-8-17/h2-15,22H,1H3/b21-15+. The molecule has 0 aliphatic rings. The first kappa shape index (κ1) is 16.9. The molecule has 0 fully saturated rings. The van der Waals surface area contributed by atoms with Crippen LogP contribution < -0.4 is 4.83 Å². The van der Waals surface area contributed by atoms with Crippen LogP contribution in [0.4, 0.5) is 0 Å². The van der Waals surface area contributed by atoms with Crippen molar-refractivity contribution >= 4 is 16.2 Å². The summed E-state index contributed by atoms with van der Waals surface area (Å²) in [6, 6.07) is 24.2. The van der Waals surface area contributed by atoms with Gasteiger partial charge in [-0.05, 0) is 30.2 Å². The Morgan fingerprint density at radius 2 is 1.48 bits per heavy atom. The fourth-order valence-electron chi connectivity index (χ4n) is 2.43. The number of hydrogen-bond acceptors (Lipinski definition) is 3. The number of nitrogens with one attached hydrogen (secondary N) is 1. The van der Waals surface area contributed by atoms with Crippen LogP contribution in [0.25, 0.3) is 11.1 Å². The Morgan fingerprint density at radius 3 is 2.20 bits per heavy atom. The molecule has 0 heterocycles. The molecule has 0 aliphatic carbocycles. The van der Waals surface area contributed by atoms with E-state index in [2.05, 4.69) is 9.93 Å². The van der Waals surface area contributed by atoms with E-state index in [0.717, 1.165) is 22.3 Å². The maximum Gasteiger partial charge on any atom is 0.276 e. The topological polar surface area (TPSA) is 58.5 Å². The van der Waals surface area contributed by atoms with Crippen LogP contribution in [-0.2, 0) is 10.0 Å². The summed E-state index contributed by atoms with van der Waals surface area (Å²) in [4.78, 5) is 2.45. The van der Waals surface area contributed by atoms with Gasteiger partial charge in [0.05, 0.1) is 11.1 Å². The third-order valence-electron chi connectivity index (χ3n) is 3.75. The molecular weight excluding hydrogens is 332 g/mol. The van der Waals surface area contributed by atoms with Crippen molar-refractivity contribution in [2.45, 2.75) is 11.8 Å². The van der Waals surface area contributed by atoms with Gasteiger partial charge in [0.2, 0.25) is 0 Å². The normalized spacial score (nSPS) is 11.6. The fourth-order valence-corrected chi connectivity index (χ4v) is 3.22. The lowest BCUT2D eigenvalue weighted by atomic mass is 10.0. The van der Waals surface area contributed by atoms with E-state index < -0.39 is 10.0 Å². The number of sulfonamides is 1. The minimum Gasteiger partial charge on any atom is -0.200 e. The summed E-state index contributed by atoms with van der Waals surface area (Å²) >= 11 is 0. The maximum absolute atomic E-state index is 12.3. The molecule has 0 saturated heterocycles. The molecule has 0 atom stereocenters. The van der Waals surface area contributed by atoms with E-state index in [9.17, 15) is 8.42 Å². The minimum absolute atomic E-state index is 0.187. The van der Waals surface area contributed by atoms with E-state index in [1.807, 2.05) is 61.5 Å². The van der Waals surface area contributed by atoms with Gasteiger partial charge in [-0.15, -0.1) is 0 Å². The van der Waals surface area contributed by atoms with Gasteiger partial charge >= 0.3 is 0 Å². The van der Waals surface area contributed by atoms with Crippen molar-refractivity contribution in [1.82, 2.24) is 4.83 Å². The fraction of sp³-hybridized carbons (Fsp3) is 0.0500. The zero-order chi connectivity index (χ0) is 17.7. The third kappa shape index (κ3) is 4.14. The van der Waals surface area contributed by atoms with Crippen molar-refractivity contribution in [3.63, 3.8) is 0 Å². The van der Waals surface area contributed by atoms with Gasteiger partial charge in [0.25, 0.3) is 10.0 Å². The van der Waals surface area contributed by atoms with Crippen molar-refractivity contribution in [3.05, 3.63) is 90.0 Å². The summed E-state index contributed by atoms with van der Waals surface area (Å²) in [6.07, 6.45) is 1.52. The number of hydrogen-bond donors (Lipinski definition) is 1. The molecule has 0 aliphatic heterocycles. The van der Waals surface area contributed by atoms with E-state index in [4.69, 9.17) is 0 Å². The molecule has 0 unspecified atom stereocenters. The van der Waals surface area contributed by atoms with E-state index in [0.29, 0.717) is 0 Å². The Labute approximate surface area is 147 Å². The first-order chi connectivity index (χ1) is 12.1. The van der Waals surface area contributed by atoms with Crippen LogP contribution in [0.3, 0.4) is 0 Å². The number of benzene rings is 3. The van der Waals surface area contributed by atoms with E-state index in [-0.39, 0.29) is 4.90 Å². The molecule has 3 aromatic carbocycles. The molecule has 126 valence electrons. The van der Waals surface area contributed by atoms with Gasteiger partial charge in [-0.3, -0.25) is 0 Å². The molecule has 3 rings (SSSR count). The highest BCUT2D eigenvalue weighted by atomic mass is 32.2. The molecule has 0 bridgehead atoms. The van der Waals surface area contributed by atoms with Gasteiger partial charge in [0, 0.05) is 5.56 Å². The van der Waals surface area contributed by atoms with Gasteiger partial charge in [0.1, 0.15) is 0 Å². The van der Waals surface area contributed by atoms with Crippen molar-refractivity contribution < 1.29 is 8.42 Å². The lowest BCUT2D eigenvalue weighted by Crippen LogP contribution is -2.18. The molecule has 5 heteroatoms. The summed E-state index contributed by atoms with van der Waals surface area (Å²) in [5.41, 5.74) is 3.87. The monoisotopic (exact) mass is 350 g/mol. The number of hydrazone groups is 1. The minimum atomic E-state index is -3.67. The van der Waals surface area contributed by atoms with Crippen LogP contribution in [0.5, 0.6) is 0 Å². The third-order valence-corrected chi connectivity index (χ3v) is 4.99. The Bertz CT molecular complexity index is 980. The zero-order valence-corrected chi connectivity index (χ0v) is 14.6. The van der Waals surface area contributed by atoms with E-state index in [1.54, 1.807) is 24.3 Å². The second-order valence-corrected chi connectivity index (χ2v) is 7.28. The van der Waals surface area contributed by atoms with Gasteiger partial charge < -0.3 is 0 Å². The second kappa shape index (κ2) is 7.32. The summed E-state index contributed by atoms with van der Waals surface area (Å²) in [5.74, 6) is 0. The van der Waals surface area contributed by atoms with Crippen LogP contribution in [0.15, 0.2) is 88.9 Å². The first-order valence-electron chi connectivity index (χ1n) is 7.82. The highest BCUT2D eigenvalue weighted by Gasteiger charge is 2.12. The smallest absolute Gasteiger partial charge is 0.200 e. The number of nitrogens with zero attached hydrogens (tertiary/aromatic N) is 1. The Hall–Kier alpha value is -2.92. The molecule has 1 N–H and O–H groups in total. The van der Waals surface area contributed by atoms with Crippen LogP contribution in [-0.4, -0.2) is 14.6 Å². The lowest BCUT2D eigenvalue weighted by molar-refractivity contribution is 0.584. The highest BCUT2D eigenvalue weighted by molar-refractivity contribution is 7.89. The molecule has 25 heavy (non-hydrogen) atoms. The first-order valence-corrected chi connectivity index (χ1v) is 9.30. The molecule has 0 saturated carbocycles. The van der Waals surface area contributed by atoms with Crippen molar-refractivity contribution in [1.29, 1.82) is 0 Å². The maximum atomic E-state index is 12.3. The van der Waals surface area contributed by atoms with Crippen LogP contribution in [0.1, 0.15) is 11.1 Å². The average Bonchev–Trinajstić information content (AvgIpc) is 2.63. The van der Waals surface area contributed by atoms with Gasteiger partial charge in [-0.1, -0.05) is 72.3 Å². The molecule has 3 aromatic rings. The van der Waals surface area contributed by atoms with Gasteiger partial charge in [-0.25, -0.2) is 4.83 Å². The van der Waals surface area contributed by atoms with E-state index in [1.165, 1.54) is 6.21 Å². The summed E-state index contributed by atoms with van der Waals surface area (Å²) in [6.45, 7) is 1.91. The Morgan fingerprint density at radius 1 is 0.840 bits per heavy atom. The zero-order valence-electron chi connectivity index (χ0n) is 13.8. The van der Waals surface area contributed by atoms with Crippen LogP contribution in [0.2, 0.25) is 0 Å². The molecular formula is C20H18N2O2S.